The van der Waals surface area contributed by atoms with Crippen LogP contribution in [0.25, 0.3) is 0 Å². The van der Waals surface area contributed by atoms with E-state index in [2.05, 4.69) is 13.8 Å². The molecule has 0 aliphatic heterocycles. The van der Waals surface area contributed by atoms with E-state index in [9.17, 15) is 0 Å². The Balaban J connectivity index is 3.47. The molecule has 0 fully saturated rings. The van der Waals surface area contributed by atoms with Crippen molar-refractivity contribution in [3.63, 3.8) is 0 Å². The number of rotatable bonds is 15. The topological polar surface area (TPSA) is 79.7 Å². The lowest BCUT2D eigenvalue weighted by Crippen LogP contribution is -2.27. The quantitative estimate of drug-likeness (QED) is 0.451. The summed E-state index contributed by atoms with van der Waals surface area (Å²) in [6.45, 7) is 13.0. The fourth-order valence-electron chi connectivity index (χ4n) is 2.21. The van der Waals surface area contributed by atoms with E-state index >= 15 is 0 Å². The van der Waals surface area contributed by atoms with Gasteiger partial charge in [0.2, 0.25) is 0 Å². The maximum Gasteiger partial charge on any atom is 0.0781 e. The molecule has 0 aromatic carbocycles. The average Bonchev–Trinajstić information content (AvgIpc) is 2.48. The Morgan fingerprint density at radius 3 is 1.83 bits per heavy atom. The van der Waals surface area contributed by atoms with Gasteiger partial charge in [0.05, 0.1) is 32.0 Å². The van der Waals surface area contributed by atoms with Crippen LogP contribution in [0.15, 0.2) is 0 Å². The second kappa shape index (κ2) is 14.2. The molecule has 0 aliphatic carbocycles. The number of nitrogens with two attached hydrogens (primary N) is 2. The van der Waals surface area contributed by atoms with Crippen molar-refractivity contribution in [1.82, 2.24) is 0 Å². The van der Waals surface area contributed by atoms with E-state index < -0.39 is 0 Å². The summed E-state index contributed by atoms with van der Waals surface area (Å²) < 4.78 is 16.9. The second-order valence-corrected chi connectivity index (χ2v) is 7.14. The molecule has 23 heavy (non-hydrogen) atoms. The van der Waals surface area contributed by atoms with E-state index in [4.69, 9.17) is 25.7 Å². The van der Waals surface area contributed by atoms with Gasteiger partial charge in [-0.3, -0.25) is 0 Å². The van der Waals surface area contributed by atoms with Gasteiger partial charge in [0.15, 0.2) is 0 Å². The van der Waals surface area contributed by atoms with Crippen LogP contribution in [-0.2, 0) is 14.2 Å². The first-order valence-electron chi connectivity index (χ1n) is 9.13. The Kier molecular flexibility index (Phi) is 14.0. The maximum atomic E-state index is 5.69. The minimum absolute atomic E-state index is 0.0812. The second-order valence-electron chi connectivity index (χ2n) is 7.14. The normalized spacial score (nSPS) is 18.4. The van der Waals surface area contributed by atoms with Crippen LogP contribution in [-0.4, -0.2) is 50.7 Å². The third kappa shape index (κ3) is 16.4. The first-order chi connectivity index (χ1) is 10.8. The average molecular weight is 333 g/mol. The summed E-state index contributed by atoms with van der Waals surface area (Å²) >= 11 is 0. The molecule has 5 heteroatoms. The van der Waals surface area contributed by atoms with Gasteiger partial charge in [0.25, 0.3) is 0 Å². The zero-order valence-electron chi connectivity index (χ0n) is 15.9. The molecule has 0 rings (SSSR count). The van der Waals surface area contributed by atoms with Gasteiger partial charge in [-0.05, 0) is 59.3 Å². The zero-order valence-corrected chi connectivity index (χ0v) is 15.9. The number of hydrogen-bond donors (Lipinski definition) is 2. The minimum atomic E-state index is 0.0812. The minimum Gasteiger partial charge on any atom is -0.379 e. The predicted molar refractivity (Wildman–Crippen MR) is 96.6 cm³/mol. The molecule has 0 saturated carbocycles. The van der Waals surface area contributed by atoms with E-state index in [0.717, 1.165) is 19.4 Å². The summed E-state index contributed by atoms with van der Waals surface area (Å²) in [5, 5.41) is 0. The largest absolute Gasteiger partial charge is 0.379 e. The molecular formula is C18H40N2O3. The standard InChI is InChI=1S/C18H40N2O3/c1-14(8-9-17(4)22-11-15(2)19)7-6-10-21-13-18(5)23-12-16(3)20/h14-18H,6-13,19-20H2,1-5H3. The van der Waals surface area contributed by atoms with E-state index in [0.29, 0.717) is 31.8 Å². The monoisotopic (exact) mass is 332 g/mol. The van der Waals surface area contributed by atoms with Crippen LogP contribution in [0.2, 0.25) is 0 Å². The highest BCUT2D eigenvalue weighted by Gasteiger charge is 2.08. The summed E-state index contributed by atoms with van der Waals surface area (Å²) in [5.41, 5.74) is 11.3. The van der Waals surface area contributed by atoms with Crippen LogP contribution in [0.1, 0.15) is 60.3 Å². The Labute approximate surface area is 143 Å². The highest BCUT2D eigenvalue weighted by atomic mass is 16.5. The van der Waals surface area contributed by atoms with Gasteiger partial charge in [0, 0.05) is 18.7 Å². The van der Waals surface area contributed by atoms with Crippen LogP contribution in [0.4, 0.5) is 0 Å². The van der Waals surface area contributed by atoms with Crippen LogP contribution >= 0.6 is 0 Å². The van der Waals surface area contributed by atoms with Crippen molar-refractivity contribution in [2.45, 2.75) is 84.6 Å². The molecule has 0 bridgehead atoms. The number of hydrogen-bond acceptors (Lipinski definition) is 5. The highest BCUT2D eigenvalue weighted by Crippen LogP contribution is 2.15. The predicted octanol–water partition coefficient (Wildman–Crippen LogP) is 2.70. The molecule has 4 N–H and O–H groups in total. The Morgan fingerprint density at radius 2 is 1.26 bits per heavy atom. The summed E-state index contributed by atoms with van der Waals surface area (Å²) in [6, 6.07) is 0.198. The lowest BCUT2D eigenvalue weighted by molar-refractivity contribution is -0.0113. The molecule has 0 aliphatic rings. The van der Waals surface area contributed by atoms with E-state index in [1.165, 1.54) is 12.8 Å². The van der Waals surface area contributed by atoms with Crippen LogP contribution in [0, 0.1) is 5.92 Å². The van der Waals surface area contributed by atoms with Crippen molar-refractivity contribution in [2.24, 2.45) is 17.4 Å². The fraction of sp³-hybridized carbons (Fsp3) is 1.00. The molecule has 0 spiro atoms. The lowest BCUT2D eigenvalue weighted by Gasteiger charge is -2.18. The smallest absolute Gasteiger partial charge is 0.0781 e. The van der Waals surface area contributed by atoms with Crippen molar-refractivity contribution < 1.29 is 14.2 Å². The third-order valence-corrected chi connectivity index (χ3v) is 3.69. The zero-order chi connectivity index (χ0) is 17.7. The van der Waals surface area contributed by atoms with Crippen molar-refractivity contribution >= 4 is 0 Å². The highest BCUT2D eigenvalue weighted by molar-refractivity contribution is 4.60. The SMILES string of the molecule is CC(N)COC(C)CCC(C)CCCOCC(C)OCC(C)N. The molecular weight excluding hydrogens is 292 g/mol. The van der Waals surface area contributed by atoms with E-state index in [1.807, 2.05) is 20.8 Å². The maximum absolute atomic E-state index is 5.69. The molecule has 0 aromatic heterocycles. The Morgan fingerprint density at radius 1 is 0.696 bits per heavy atom. The van der Waals surface area contributed by atoms with Crippen molar-refractivity contribution in [1.29, 1.82) is 0 Å². The molecule has 5 unspecified atom stereocenters. The lowest BCUT2D eigenvalue weighted by atomic mass is 9.98. The van der Waals surface area contributed by atoms with Crippen LogP contribution in [0.3, 0.4) is 0 Å². The molecule has 0 saturated heterocycles. The van der Waals surface area contributed by atoms with E-state index in [1.54, 1.807) is 0 Å². The molecule has 5 atom stereocenters. The van der Waals surface area contributed by atoms with Gasteiger partial charge in [-0.15, -0.1) is 0 Å². The summed E-state index contributed by atoms with van der Waals surface area (Å²) in [5.74, 6) is 0.701. The molecule has 0 amide bonds. The Hall–Kier alpha value is -0.200. The van der Waals surface area contributed by atoms with Crippen molar-refractivity contribution in [3.05, 3.63) is 0 Å². The van der Waals surface area contributed by atoms with Crippen molar-refractivity contribution in [2.75, 3.05) is 26.4 Å². The van der Waals surface area contributed by atoms with E-state index in [-0.39, 0.29) is 18.2 Å². The van der Waals surface area contributed by atoms with Gasteiger partial charge < -0.3 is 25.7 Å². The van der Waals surface area contributed by atoms with Gasteiger partial charge >= 0.3 is 0 Å². The molecule has 0 heterocycles. The summed E-state index contributed by atoms with van der Waals surface area (Å²) in [6.07, 6.45) is 4.97. The van der Waals surface area contributed by atoms with Crippen LogP contribution < -0.4 is 11.5 Å². The summed E-state index contributed by atoms with van der Waals surface area (Å²) in [4.78, 5) is 0. The summed E-state index contributed by atoms with van der Waals surface area (Å²) in [7, 11) is 0. The molecule has 0 radical (unpaired) electrons. The van der Waals surface area contributed by atoms with Gasteiger partial charge in [-0.2, -0.15) is 0 Å². The Bertz CT molecular complexity index is 263. The van der Waals surface area contributed by atoms with Gasteiger partial charge in [0.1, 0.15) is 0 Å². The molecule has 140 valence electrons. The van der Waals surface area contributed by atoms with Crippen LogP contribution in [0.5, 0.6) is 0 Å². The first-order valence-corrected chi connectivity index (χ1v) is 9.13. The molecule has 0 aromatic rings. The molecule has 5 nitrogen and oxygen atoms in total. The van der Waals surface area contributed by atoms with Gasteiger partial charge in [-0.25, -0.2) is 0 Å². The third-order valence-electron chi connectivity index (χ3n) is 3.69. The van der Waals surface area contributed by atoms with Gasteiger partial charge in [-0.1, -0.05) is 6.92 Å². The van der Waals surface area contributed by atoms with Crippen molar-refractivity contribution in [3.8, 4) is 0 Å². The fourth-order valence-corrected chi connectivity index (χ4v) is 2.21. The first kappa shape index (κ1) is 22.8. The number of ether oxygens (including phenoxy) is 3.